The van der Waals surface area contributed by atoms with Crippen molar-refractivity contribution in [3.63, 3.8) is 0 Å². The minimum Gasteiger partial charge on any atom is -0.495 e. The van der Waals surface area contributed by atoms with Gasteiger partial charge in [-0.2, -0.15) is 0 Å². The van der Waals surface area contributed by atoms with Crippen LogP contribution in [0.15, 0.2) is 18.2 Å². The van der Waals surface area contributed by atoms with E-state index in [-0.39, 0.29) is 12.6 Å². The molecule has 0 saturated carbocycles. The molecule has 1 aromatic rings. The first-order chi connectivity index (χ1) is 9.51. The monoisotopic (exact) mass is 298 g/mol. The molecular formula is C13H15ClN2O4. The van der Waals surface area contributed by atoms with Gasteiger partial charge in [0.2, 0.25) is 0 Å². The number of urea groups is 1. The second-order valence-electron chi connectivity index (χ2n) is 4.55. The van der Waals surface area contributed by atoms with Gasteiger partial charge in [-0.15, -0.1) is 0 Å². The van der Waals surface area contributed by atoms with Crippen LogP contribution in [0.1, 0.15) is 6.42 Å². The maximum Gasteiger partial charge on any atom is 0.321 e. The van der Waals surface area contributed by atoms with Gasteiger partial charge < -0.3 is 20.1 Å². The summed E-state index contributed by atoms with van der Waals surface area (Å²) < 4.78 is 5.02. The number of halogens is 1. The lowest BCUT2D eigenvalue weighted by Gasteiger charge is -2.17. The van der Waals surface area contributed by atoms with E-state index >= 15 is 0 Å². The van der Waals surface area contributed by atoms with E-state index in [9.17, 15) is 9.59 Å². The van der Waals surface area contributed by atoms with Gasteiger partial charge in [0, 0.05) is 18.8 Å². The number of aliphatic carboxylic acids is 1. The van der Waals surface area contributed by atoms with Crippen LogP contribution in [0.5, 0.6) is 5.75 Å². The molecule has 1 fully saturated rings. The molecule has 0 spiro atoms. The summed E-state index contributed by atoms with van der Waals surface area (Å²) in [5.41, 5.74) is 0.541. The normalized spacial score (nSPS) is 17.9. The van der Waals surface area contributed by atoms with Crippen molar-refractivity contribution < 1.29 is 19.4 Å². The summed E-state index contributed by atoms with van der Waals surface area (Å²) >= 11 is 5.97. The van der Waals surface area contributed by atoms with Gasteiger partial charge in [0.1, 0.15) is 5.75 Å². The molecule has 0 aliphatic carbocycles. The molecule has 2 amide bonds. The number of hydrogen-bond donors (Lipinski definition) is 2. The fraction of sp³-hybridized carbons (Fsp3) is 0.385. The van der Waals surface area contributed by atoms with Crippen LogP contribution in [0.2, 0.25) is 5.02 Å². The lowest BCUT2D eigenvalue weighted by molar-refractivity contribution is -0.141. The molecule has 7 heteroatoms. The van der Waals surface area contributed by atoms with Gasteiger partial charge in [-0.3, -0.25) is 4.79 Å². The van der Waals surface area contributed by atoms with E-state index in [0.29, 0.717) is 29.4 Å². The number of carboxylic acid groups (broad SMARTS) is 1. The highest BCUT2D eigenvalue weighted by atomic mass is 35.5. The molecule has 0 aromatic heterocycles. The van der Waals surface area contributed by atoms with E-state index in [4.69, 9.17) is 21.4 Å². The van der Waals surface area contributed by atoms with Crippen molar-refractivity contribution in [2.75, 3.05) is 25.5 Å². The predicted molar refractivity (Wildman–Crippen MR) is 74.3 cm³/mol. The third kappa shape index (κ3) is 3.14. The molecule has 1 aliphatic rings. The molecule has 20 heavy (non-hydrogen) atoms. The van der Waals surface area contributed by atoms with Crippen LogP contribution >= 0.6 is 11.6 Å². The van der Waals surface area contributed by atoms with E-state index in [1.165, 1.54) is 12.0 Å². The lowest BCUT2D eigenvalue weighted by Crippen LogP contribution is -2.33. The number of nitrogens with one attached hydrogen (secondary N) is 1. The van der Waals surface area contributed by atoms with Gasteiger partial charge >= 0.3 is 12.0 Å². The summed E-state index contributed by atoms with van der Waals surface area (Å²) in [6.45, 7) is 0.664. The van der Waals surface area contributed by atoms with Crippen molar-refractivity contribution in [2.45, 2.75) is 6.42 Å². The number of amides is 2. The topological polar surface area (TPSA) is 78.9 Å². The third-order valence-corrected chi connectivity index (χ3v) is 3.52. The summed E-state index contributed by atoms with van der Waals surface area (Å²) in [5.74, 6) is -0.829. The lowest BCUT2D eigenvalue weighted by atomic mass is 10.1. The van der Waals surface area contributed by atoms with Crippen LogP contribution in [0, 0.1) is 5.92 Å². The predicted octanol–water partition coefficient (Wildman–Crippen LogP) is 2.29. The van der Waals surface area contributed by atoms with Crippen molar-refractivity contribution >= 4 is 29.3 Å². The molecule has 6 nitrogen and oxygen atoms in total. The Morgan fingerprint density at radius 1 is 1.50 bits per heavy atom. The van der Waals surface area contributed by atoms with Crippen LogP contribution in [-0.2, 0) is 4.79 Å². The number of nitrogens with zero attached hydrogens (tertiary/aromatic N) is 1. The molecular weight excluding hydrogens is 284 g/mol. The molecule has 2 rings (SSSR count). The Bertz CT molecular complexity index is 535. The SMILES string of the molecule is COc1ccc(NC(=O)N2CCC(C(=O)O)C2)cc1Cl. The van der Waals surface area contributed by atoms with Gasteiger partial charge in [-0.25, -0.2) is 4.79 Å². The van der Waals surface area contributed by atoms with E-state index in [2.05, 4.69) is 5.32 Å². The Labute approximate surface area is 121 Å². The van der Waals surface area contributed by atoms with Crippen molar-refractivity contribution in [3.8, 4) is 5.75 Å². The number of rotatable bonds is 3. The second kappa shape index (κ2) is 6.00. The number of hydrogen-bond acceptors (Lipinski definition) is 3. The summed E-state index contributed by atoms with van der Waals surface area (Å²) in [6.07, 6.45) is 0.478. The average Bonchev–Trinajstić information content (AvgIpc) is 2.88. The zero-order chi connectivity index (χ0) is 14.7. The third-order valence-electron chi connectivity index (χ3n) is 3.23. The fourth-order valence-electron chi connectivity index (χ4n) is 2.09. The summed E-state index contributed by atoms with van der Waals surface area (Å²) in [4.78, 5) is 24.3. The highest BCUT2D eigenvalue weighted by Gasteiger charge is 2.30. The van der Waals surface area contributed by atoms with Crippen molar-refractivity contribution in [2.24, 2.45) is 5.92 Å². The first-order valence-electron chi connectivity index (χ1n) is 6.13. The van der Waals surface area contributed by atoms with Crippen molar-refractivity contribution in [3.05, 3.63) is 23.2 Å². The molecule has 1 heterocycles. The zero-order valence-corrected chi connectivity index (χ0v) is 11.7. The average molecular weight is 299 g/mol. The number of likely N-dealkylation sites (tertiary alicyclic amines) is 1. The maximum atomic E-state index is 12.0. The zero-order valence-electron chi connectivity index (χ0n) is 10.9. The number of carbonyl (C=O) groups is 2. The first kappa shape index (κ1) is 14.5. The van der Waals surface area contributed by atoms with Crippen LogP contribution < -0.4 is 10.1 Å². The smallest absolute Gasteiger partial charge is 0.321 e. The molecule has 1 saturated heterocycles. The van der Waals surface area contributed by atoms with Crippen LogP contribution in [0.25, 0.3) is 0 Å². The molecule has 2 N–H and O–H groups in total. The van der Waals surface area contributed by atoms with Crippen LogP contribution in [0.3, 0.4) is 0 Å². The van der Waals surface area contributed by atoms with Gasteiger partial charge in [0.05, 0.1) is 18.1 Å². The Morgan fingerprint density at radius 3 is 2.80 bits per heavy atom. The largest absolute Gasteiger partial charge is 0.495 e. The second-order valence-corrected chi connectivity index (χ2v) is 4.96. The summed E-state index contributed by atoms with van der Waals surface area (Å²) in [7, 11) is 1.51. The van der Waals surface area contributed by atoms with E-state index in [0.717, 1.165) is 0 Å². The van der Waals surface area contributed by atoms with E-state index < -0.39 is 11.9 Å². The van der Waals surface area contributed by atoms with E-state index in [1.54, 1.807) is 18.2 Å². The standard InChI is InChI=1S/C13H15ClN2O4/c1-20-11-3-2-9(6-10(11)14)15-13(19)16-5-4-8(7-16)12(17)18/h2-3,6,8H,4-5,7H2,1H3,(H,15,19)(H,17,18). The Morgan fingerprint density at radius 2 is 2.25 bits per heavy atom. The number of methoxy groups -OCH3 is 1. The van der Waals surface area contributed by atoms with Crippen molar-refractivity contribution in [1.29, 1.82) is 0 Å². The molecule has 1 atom stereocenters. The Balaban J connectivity index is 1.98. The highest BCUT2D eigenvalue weighted by molar-refractivity contribution is 6.32. The number of benzene rings is 1. The van der Waals surface area contributed by atoms with Crippen molar-refractivity contribution in [1.82, 2.24) is 4.90 Å². The molecule has 1 aromatic carbocycles. The first-order valence-corrected chi connectivity index (χ1v) is 6.51. The minimum atomic E-state index is -0.868. The number of carboxylic acids is 1. The fourth-order valence-corrected chi connectivity index (χ4v) is 2.35. The van der Waals surface area contributed by atoms with Gasteiger partial charge in [0.15, 0.2) is 0 Å². The molecule has 1 aliphatic heterocycles. The summed E-state index contributed by atoms with van der Waals surface area (Å²) in [6, 6.07) is 4.59. The number of carbonyl (C=O) groups excluding carboxylic acids is 1. The summed E-state index contributed by atoms with van der Waals surface area (Å²) in [5, 5.41) is 12.0. The molecule has 0 radical (unpaired) electrons. The molecule has 108 valence electrons. The van der Waals surface area contributed by atoms with Gasteiger partial charge in [-0.05, 0) is 24.6 Å². The maximum absolute atomic E-state index is 12.0. The highest BCUT2D eigenvalue weighted by Crippen LogP contribution is 2.27. The minimum absolute atomic E-state index is 0.227. The number of ether oxygens (including phenoxy) is 1. The van der Waals surface area contributed by atoms with Crippen LogP contribution in [0.4, 0.5) is 10.5 Å². The Kier molecular flexibility index (Phi) is 4.34. The van der Waals surface area contributed by atoms with Crippen LogP contribution in [-0.4, -0.2) is 42.2 Å². The molecule has 0 bridgehead atoms. The van der Waals surface area contributed by atoms with Gasteiger partial charge in [0.25, 0.3) is 0 Å². The quantitative estimate of drug-likeness (QED) is 0.897. The Hall–Kier alpha value is -1.95. The van der Waals surface area contributed by atoms with E-state index in [1.807, 2.05) is 0 Å². The van der Waals surface area contributed by atoms with Gasteiger partial charge in [-0.1, -0.05) is 11.6 Å². The number of anilines is 1. The molecule has 1 unspecified atom stereocenters.